The van der Waals surface area contributed by atoms with Crippen molar-refractivity contribution >= 4 is 34.5 Å². The lowest BCUT2D eigenvalue weighted by atomic mass is 9.70. The number of rotatable bonds is 7. The topological polar surface area (TPSA) is 85.7 Å². The quantitative estimate of drug-likeness (QED) is 0.350. The number of alkyl halides is 3. The Morgan fingerprint density at radius 3 is 2.46 bits per heavy atom. The van der Waals surface area contributed by atoms with Crippen LogP contribution < -0.4 is 10.1 Å². The van der Waals surface area contributed by atoms with E-state index in [0.717, 1.165) is 24.8 Å². The highest BCUT2D eigenvalue weighted by molar-refractivity contribution is 5.99. The number of fused-ring (bicyclic) bond motifs is 1. The third kappa shape index (κ3) is 6.82. The van der Waals surface area contributed by atoms with Gasteiger partial charge in [0.15, 0.2) is 0 Å². The third-order valence-electron chi connectivity index (χ3n) is 6.95. The number of benzene rings is 2. The van der Waals surface area contributed by atoms with Gasteiger partial charge >= 0.3 is 12.3 Å². The van der Waals surface area contributed by atoms with Crippen molar-refractivity contribution in [2.75, 3.05) is 26.0 Å². The molecule has 3 aromatic rings. The molecule has 210 valence electrons. The fourth-order valence-electron chi connectivity index (χ4n) is 5.60. The van der Waals surface area contributed by atoms with Crippen LogP contribution in [0.15, 0.2) is 42.5 Å². The first-order valence-electron chi connectivity index (χ1n) is 12.7. The average molecular weight is 547 g/mol. The third-order valence-corrected chi connectivity index (χ3v) is 6.95. The van der Waals surface area contributed by atoms with Crippen LogP contribution in [-0.2, 0) is 9.53 Å². The number of anilines is 2. The van der Waals surface area contributed by atoms with Crippen molar-refractivity contribution in [2.45, 2.75) is 52.4 Å². The van der Waals surface area contributed by atoms with Gasteiger partial charge in [-0.1, -0.05) is 20.8 Å². The summed E-state index contributed by atoms with van der Waals surface area (Å²) in [4.78, 5) is 30.7. The number of imidazole rings is 1. The van der Waals surface area contributed by atoms with E-state index in [2.05, 4.69) is 40.1 Å². The Hall–Kier alpha value is -3.76. The fraction of sp³-hybridized carbons (Fsp3) is 0.464. The normalized spacial score (nSPS) is 19.0. The highest BCUT2D eigenvalue weighted by atomic mass is 19.4. The van der Waals surface area contributed by atoms with Gasteiger partial charge in [-0.2, -0.15) is 0 Å². The van der Waals surface area contributed by atoms with Gasteiger partial charge < -0.3 is 24.3 Å². The summed E-state index contributed by atoms with van der Waals surface area (Å²) in [6.45, 7) is 6.54. The van der Waals surface area contributed by atoms with Crippen LogP contribution >= 0.6 is 0 Å². The molecule has 0 spiro atoms. The lowest BCUT2D eigenvalue weighted by Crippen LogP contribution is -2.32. The largest absolute Gasteiger partial charge is 0.573 e. The van der Waals surface area contributed by atoms with Crippen molar-refractivity contribution in [2.24, 2.45) is 11.3 Å². The molecule has 2 atom stereocenters. The molecular weight excluding hydrogens is 513 g/mol. The molecule has 2 aromatic carbocycles. The molecule has 0 bridgehead atoms. The van der Waals surface area contributed by atoms with Crippen LogP contribution in [0.3, 0.4) is 0 Å². The maximum Gasteiger partial charge on any atom is 0.573 e. The number of hydrogen-bond acceptors (Lipinski definition) is 6. The molecular formula is C28H33F3N4O4. The number of methoxy groups -OCH3 is 1. The predicted octanol–water partition coefficient (Wildman–Crippen LogP) is 6.31. The summed E-state index contributed by atoms with van der Waals surface area (Å²) in [7, 11) is 2.78. The van der Waals surface area contributed by atoms with E-state index in [1.54, 1.807) is 12.1 Å². The van der Waals surface area contributed by atoms with Crippen LogP contribution in [0.2, 0.25) is 0 Å². The number of carbonyl (C=O) groups is 2. The molecule has 1 amide bonds. The second-order valence-corrected chi connectivity index (χ2v) is 11.0. The Morgan fingerprint density at radius 1 is 1.15 bits per heavy atom. The maximum absolute atomic E-state index is 13.0. The summed E-state index contributed by atoms with van der Waals surface area (Å²) in [5.74, 6) is -0.182. The van der Waals surface area contributed by atoms with Gasteiger partial charge in [0.05, 0.1) is 18.1 Å². The number of esters is 1. The molecule has 1 heterocycles. The molecule has 1 fully saturated rings. The Labute approximate surface area is 225 Å². The van der Waals surface area contributed by atoms with E-state index in [0.29, 0.717) is 28.6 Å². The molecule has 8 nitrogen and oxygen atoms in total. The second-order valence-electron chi connectivity index (χ2n) is 11.0. The number of aromatic nitrogens is 2. The number of likely N-dealkylation sites (N-methyl/N-ethyl adjacent to an activating group) is 1. The highest BCUT2D eigenvalue weighted by Gasteiger charge is 2.35. The number of ether oxygens (including phenoxy) is 2. The van der Waals surface area contributed by atoms with Gasteiger partial charge in [0.2, 0.25) is 5.95 Å². The smallest absolute Gasteiger partial charge is 0.468 e. The lowest BCUT2D eigenvalue weighted by Gasteiger charge is -2.40. The first-order chi connectivity index (χ1) is 18.2. The Morgan fingerprint density at radius 2 is 1.85 bits per heavy atom. The molecule has 4 rings (SSSR count). The molecule has 39 heavy (non-hydrogen) atoms. The van der Waals surface area contributed by atoms with E-state index < -0.39 is 12.3 Å². The van der Waals surface area contributed by atoms with E-state index >= 15 is 0 Å². The zero-order valence-corrected chi connectivity index (χ0v) is 22.6. The van der Waals surface area contributed by atoms with E-state index in [1.165, 1.54) is 43.3 Å². The molecule has 11 heteroatoms. The van der Waals surface area contributed by atoms with E-state index in [4.69, 9.17) is 4.98 Å². The van der Waals surface area contributed by atoms with Crippen molar-refractivity contribution in [3.63, 3.8) is 0 Å². The Kier molecular flexibility index (Phi) is 7.81. The van der Waals surface area contributed by atoms with Crippen LogP contribution in [0, 0.1) is 11.3 Å². The number of nitrogens with zero attached hydrogens (tertiary/aromatic N) is 3. The predicted molar refractivity (Wildman–Crippen MR) is 141 cm³/mol. The first kappa shape index (κ1) is 28.3. The zero-order valence-electron chi connectivity index (χ0n) is 22.6. The van der Waals surface area contributed by atoms with Crippen LogP contribution in [0.1, 0.15) is 56.4 Å². The minimum absolute atomic E-state index is 0.110. The van der Waals surface area contributed by atoms with Gasteiger partial charge in [-0.25, -0.2) is 4.98 Å². The Bertz CT molecular complexity index is 1350. The van der Waals surface area contributed by atoms with Gasteiger partial charge in [-0.05, 0) is 73.1 Å². The Balaban J connectivity index is 1.71. The maximum atomic E-state index is 13.0. The number of hydrogen-bond donors (Lipinski definition) is 1. The highest BCUT2D eigenvalue weighted by Crippen LogP contribution is 2.46. The van der Waals surface area contributed by atoms with Crippen LogP contribution in [0.5, 0.6) is 5.75 Å². The van der Waals surface area contributed by atoms with Gasteiger partial charge in [0.25, 0.3) is 5.91 Å². The molecule has 0 aliphatic heterocycles. The lowest BCUT2D eigenvalue weighted by molar-refractivity contribution is -0.274. The van der Waals surface area contributed by atoms with Crippen molar-refractivity contribution in [1.82, 2.24) is 14.5 Å². The van der Waals surface area contributed by atoms with E-state index in [1.807, 2.05) is 6.07 Å². The molecule has 1 N–H and O–H groups in total. The van der Waals surface area contributed by atoms with Crippen LogP contribution in [0.4, 0.5) is 24.8 Å². The molecule has 1 aliphatic carbocycles. The standard InChI is InChI=1S/C28H33F3N4O4/c1-17-12-20(15-27(2,3)14-17)35-23-11-6-18(25(37)34(4)16-24(36)38-5)13-22(23)33-26(35)32-19-7-9-21(10-8-19)39-28(29,30)31/h6-11,13,17,20H,12,14-16H2,1-5H3,(H,32,33)/t17-,20+/m0/s1. The first-order valence-corrected chi connectivity index (χ1v) is 12.7. The van der Waals surface area contributed by atoms with E-state index in [9.17, 15) is 22.8 Å². The molecule has 1 saturated carbocycles. The summed E-state index contributed by atoms with van der Waals surface area (Å²) in [6, 6.07) is 10.8. The summed E-state index contributed by atoms with van der Waals surface area (Å²) in [5.41, 5.74) is 2.44. The molecule has 0 unspecified atom stereocenters. The fourth-order valence-corrected chi connectivity index (χ4v) is 5.60. The molecule has 0 radical (unpaired) electrons. The van der Waals surface area contributed by atoms with Gasteiger partial charge in [-0.15, -0.1) is 13.2 Å². The summed E-state index contributed by atoms with van der Waals surface area (Å²) >= 11 is 0. The summed E-state index contributed by atoms with van der Waals surface area (Å²) < 4.78 is 48.5. The minimum atomic E-state index is -4.77. The van der Waals surface area contributed by atoms with Crippen molar-refractivity contribution in [3.05, 3.63) is 48.0 Å². The van der Waals surface area contributed by atoms with Crippen LogP contribution in [0.25, 0.3) is 11.0 Å². The number of amides is 1. The minimum Gasteiger partial charge on any atom is -0.468 e. The second kappa shape index (κ2) is 10.8. The monoisotopic (exact) mass is 546 g/mol. The van der Waals surface area contributed by atoms with Crippen molar-refractivity contribution < 1.29 is 32.2 Å². The zero-order chi connectivity index (χ0) is 28.5. The molecule has 0 saturated heterocycles. The number of nitrogens with one attached hydrogen (secondary N) is 1. The number of carbonyl (C=O) groups excluding carboxylic acids is 2. The molecule has 1 aromatic heterocycles. The number of halogens is 3. The van der Waals surface area contributed by atoms with Crippen LogP contribution in [-0.4, -0.2) is 53.4 Å². The van der Waals surface area contributed by atoms with Gasteiger partial charge in [-0.3, -0.25) is 9.59 Å². The van der Waals surface area contributed by atoms with Crippen molar-refractivity contribution in [1.29, 1.82) is 0 Å². The van der Waals surface area contributed by atoms with Crippen molar-refractivity contribution in [3.8, 4) is 5.75 Å². The molecule has 1 aliphatic rings. The SMILES string of the molecule is COC(=O)CN(C)C(=O)c1ccc2c(c1)nc(Nc1ccc(OC(F)(F)F)cc1)n2[C@@H]1C[C@H](C)CC(C)(C)C1. The van der Waals surface area contributed by atoms with Gasteiger partial charge in [0, 0.05) is 24.3 Å². The summed E-state index contributed by atoms with van der Waals surface area (Å²) in [6.07, 6.45) is -1.82. The van der Waals surface area contributed by atoms with E-state index in [-0.39, 0.29) is 29.7 Å². The average Bonchev–Trinajstić information content (AvgIpc) is 3.19. The van der Waals surface area contributed by atoms with Gasteiger partial charge in [0.1, 0.15) is 12.3 Å². The summed E-state index contributed by atoms with van der Waals surface area (Å²) in [5, 5.41) is 3.26.